The number of rotatable bonds is 6. The Bertz CT molecular complexity index is 182. The molecule has 0 heterocycles. The maximum Gasteiger partial charge on any atom is 0.0644 e. The lowest BCUT2D eigenvalue weighted by Crippen LogP contribution is -2.29. The van der Waals surface area contributed by atoms with Gasteiger partial charge >= 0.3 is 0 Å². The Morgan fingerprint density at radius 3 is 2.67 bits per heavy atom. The molecule has 0 spiro atoms. The van der Waals surface area contributed by atoms with Gasteiger partial charge in [-0.25, -0.2) is 0 Å². The molecule has 90 valence electrons. The molecule has 2 unspecified atom stereocenters. The Morgan fingerprint density at radius 1 is 1.33 bits per heavy atom. The van der Waals surface area contributed by atoms with Gasteiger partial charge in [0.25, 0.3) is 0 Å². The van der Waals surface area contributed by atoms with Gasteiger partial charge in [-0.3, -0.25) is 0 Å². The van der Waals surface area contributed by atoms with Crippen molar-refractivity contribution in [2.75, 3.05) is 20.3 Å². The molecule has 0 amide bonds. The molecule has 0 aliphatic heterocycles. The number of hydrogen-bond acceptors (Lipinski definition) is 3. The highest BCUT2D eigenvalue weighted by molar-refractivity contribution is 4.79. The second-order valence-corrected chi connectivity index (χ2v) is 5.05. The molecule has 1 rings (SSSR count). The van der Waals surface area contributed by atoms with E-state index in [1.807, 2.05) is 0 Å². The first-order valence-corrected chi connectivity index (χ1v) is 5.96. The smallest absolute Gasteiger partial charge is 0.0644 e. The quantitative estimate of drug-likeness (QED) is 0.736. The van der Waals surface area contributed by atoms with Crippen LogP contribution in [-0.4, -0.2) is 32.0 Å². The van der Waals surface area contributed by atoms with Crippen LogP contribution in [0.2, 0.25) is 0 Å². The van der Waals surface area contributed by atoms with E-state index in [4.69, 9.17) is 15.2 Å². The minimum atomic E-state index is -0.0726. The highest BCUT2D eigenvalue weighted by Crippen LogP contribution is 2.27. The first kappa shape index (κ1) is 12.9. The maximum absolute atomic E-state index is 5.88. The van der Waals surface area contributed by atoms with Gasteiger partial charge < -0.3 is 15.2 Å². The van der Waals surface area contributed by atoms with Crippen LogP contribution in [0.25, 0.3) is 0 Å². The van der Waals surface area contributed by atoms with Crippen molar-refractivity contribution in [1.82, 2.24) is 0 Å². The molecule has 0 aromatic heterocycles. The monoisotopic (exact) mass is 215 g/mol. The standard InChI is InChI=1S/C12H25NO2/c1-12(2,14-3)7-8-15-11-6-4-5-10(11)9-13/h10-11H,4-9,13H2,1-3H3. The highest BCUT2D eigenvalue weighted by Gasteiger charge is 2.27. The lowest BCUT2D eigenvalue weighted by atomic mass is 10.1. The molecule has 3 nitrogen and oxygen atoms in total. The second kappa shape index (κ2) is 5.83. The molecule has 0 saturated heterocycles. The fourth-order valence-electron chi connectivity index (χ4n) is 2.05. The third-order valence-corrected chi connectivity index (χ3v) is 3.48. The van der Waals surface area contributed by atoms with Crippen molar-refractivity contribution in [3.05, 3.63) is 0 Å². The first-order chi connectivity index (χ1) is 7.09. The van der Waals surface area contributed by atoms with E-state index in [1.54, 1.807) is 7.11 Å². The van der Waals surface area contributed by atoms with E-state index in [1.165, 1.54) is 19.3 Å². The molecule has 0 bridgehead atoms. The zero-order chi connectivity index (χ0) is 11.3. The van der Waals surface area contributed by atoms with E-state index in [0.29, 0.717) is 12.0 Å². The first-order valence-electron chi connectivity index (χ1n) is 5.96. The van der Waals surface area contributed by atoms with Crippen molar-refractivity contribution in [3.63, 3.8) is 0 Å². The molecule has 15 heavy (non-hydrogen) atoms. The van der Waals surface area contributed by atoms with E-state index >= 15 is 0 Å². The van der Waals surface area contributed by atoms with E-state index < -0.39 is 0 Å². The normalized spacial score (nSPS) is 27.2. The predicted octanol–water partition coefficient (Wildman–Crippen LogP) is 1.95. The fraction of sp³-hybridized carbons (Fsp3) is 1.00. The summed E-state index contributed by atoms with van der Waals surface area (Å²) >= 11 is 0. The molecule has 1 saturated carbocycles. The van der Waals surface area contributed by atoms with Crippen molar-refractivity contribution in [1.29, 1.82) is 0 Å². The van der Waals surface area contributed by atoms with E-state index in [-0.39, 0.29) is 5.60 Å². The van der Waals surface area contributed by atoms with Gasteiger partial charge in [0.15, 0.2) is 0 Å². The molecule has 1 fully saturated rings. The number of hydrogen-bond donors (Lipinski definition) is 1. The summed E-state index contributed by atoms with van der Waals surface area (Å²) in [4.78, 5) is 0. The second-order valence-electron chi connectivity index (χ2n) is 5.05. The Labute approximate surface area is 93.3 Å². The Hall–Kier alpha value is -0.120. The SMILES string of the molecule is COC(C)(C)CCOC1CCCC1CN. The van der Waals surface area contributed by atoms with Crippen LogP contribution >= 0.6 is 0 Å². The molecule has 0 aromatic carbocycles. The average Bonchev–Trinajstić information content (AvgIpc) is 2.65. The van der Waals surface area contributed by atoms with Gasteiger partial charge in [0.05, 0.1) is 11.7 Å². The minimum absolute atomic E-state index is 0.0726. The van der Waals surface area contributed by atoms with E-state index in [0.717, 1.165) is 19.6 Å². The number of methoxy groups -OCH3 is 1. The van der Waals surface area contributed by atoms with Crippen LogP contribution in [0.15, 0.2) is 0 Å². The molecule has 2 N–H and O–H groups in total. The zero-order valence-corrected chi connectivity index (χ0v) is 10.3. The lowest BCUT2D eigenvalue weighted by Gasteiger charge is -2.25. The molecular formula is C12H25NO2. The van der Waals surface area contributed by atoms with Crippen LogP contribution in [0.5, 0.6) is 0 Å². The van der Waals surface area contributed by atoms with Gasteiger partial charge in [-0.1, -0.05) is 6.42 Å². The molecule has 0 radical (unpaired) electrons. The van der Waals surface area contributed by atoms with Gasteiger partial charge in [-0.2, -0.15) is 0 Å². The van der Waals surface area contributed by atoms with Crippen molar-refractivity contribution < 1.29 is 9.47 Å². The minimum Gasteiger partial charge on any atom is -0.379 e. The lowest BCUT2D eigenvalue weighted by molar-refractivity contribution is -0.0339. The topological polar surface area (TPSA) is 44.5 Å². The van der Waals surface area contributed by atoms with Crippen molar-refractivity contribution in [2.45, 2.75) is 51.2 Å². The van der Waals surface area contributed by atoms with Gasteiger partial charge in [-0.05, 0) is 45.6 Å². The Balaban J connectivity index is 2.19. The third kappa shape index (κ3) is 4.09. The average molecular weight is 215 g/mol. The summed E-state index contributed by atoms with van der Waals surface area (Å²) in [5.74, 6) is 0.579. The molecule has 3 heteroatoms. The van der Waals surface area contributed by atoms with Crippen LogP contribution in [0, 0.1) is 5.92 Å². The van der Waals surface area contributed by atoms with Crippen LogP contribution in [0.1, 0.15) is 39.5 Å². The number of ether oxygens (including phenoxy) is 2. The summed E-state index contributed by atoms with van der Waals surface area (Å²) < 4.78 is 11.2. The summed E-state index contributed by atoms with van der Waals surface area (Å²) in [6.45, 7) is 5.72. The maximum atomic E-state index is 5.88. The summed E-state index contributed by atoms with van der Waals surface area (Å²) in [6, 6.07) is 0. The molecule has 0 aromatic rings. The van der Waals surface area contributed by atoms with Crippen LogP contribution in [-0.2, 0) is 9.47 Å². The molecule has 2 atom stereocenters. The van der Waals surface area contributed by atoms with E-state index in [2.05, 4.69) is 13.8 Å². The van der Waals surface area contributed by atoms with Crippen LogP contribution < -0.4 is 5.73 Å². The summed E-state index contributed by atoms with van der Waals surface area (Å²) in [7, 11) is 1.75. The summed E-state index contributed by atoms with van der Waals surface area (Å²) in [5.41, 5.74) is 5.63. The van der Waals surface area contributed by atoms with Crippen molar-refractivity contribution in [2.24, 2.45) is 11.7 Å². The Kier molecular flexibility index (Phi) is 5.03. The van der Waals surface area contributed by atoms with Crippen molar-refractivity contribution in [3.8, 4) is 0 Å². The zero-order valence-electron chi connectivity index (χ0n) is 10.3. The summed E-state index contributed by atoms with van der Waals surface area (Å²) in [5, 5.41) is 0. The highest BCUT2D eigenvalue weighted by atomic mass is 16.5. The van der Waals surface area contributed by atoms with E-state index in [9.17, 15) is 0 Å². The largest absolute Gasteiger partial charge is 0.379 e. The third-order valence-electron chi connectivity index (χ3n) is 3.48. The van der Waals surface area contributed by atoms with Gasteiger partial charge in [0.1, 0.15) is 0 Å². The predicted molar refractivity (Wildman–Crippen MR) is 61.8 cm³/mol. The van der Waals surface area contributed by atoms with Crippen LogP contribution in [0.4, 0.5) is 0 Å². The van der Waals surface area contributed by atoms with Gasteiger partial charge in [-0.15, -0.1) is 0 Å². The van der Waals surface area contributed by atoms with Gasteiger partial charge in [0.2, 0.25) is 0 Å². The Morgan fingerprint density at radius 2 is 2.07 bits per heavy atom. The van der Waals surface area contributed by atoms with Crippen molar-refractivity contribution >= 4 is 0 Å². The van der Waals surface area contributed by atoms with Crippen LogP contribution in [0.3, 0.4) is 0 Å². The molecule has 1 aliphatic rings. The molecule has 1 aliphatic carbocycles. The number of nitrogens with two attached hydrogens (primary N) is 1. The van der Waals surface area contributed by atoms with Gasteiger partial charge in [0, 0.05) is 13.7 Å². The summed E-state index contributed by atoms with van der Waals surface area (Å²) in [6.07, 6.45) is 5.00. The molecular weight excluding hydrogens is 190 g/mol. The fourth-order valence-corrected chi connectivity index (χ4v) is 2.05.